The Morgan fingerprint density at radius 3 is 2.65 bits per heavy atom. The molecule has 2 atom stereocenters. The van der Waals surface area contributed by atoms with Crippen molar-refractivity contribution in [3.05, 3.63) is 5.82 Å². The summed E-state index contributed by atoms with van der Waals surface area (Å²) in [5.74, 6) is 1.77. The molecule has 2 aliphatic heterocycles. The van der Waals surface area contributed by atoms with Gasteiger partial charge in [0.2, 0.25) is 5.13 Å². The van der Waals surface area contributed by atoms with E-state index in [4.69, 9.17) is 4.98 Å². The van der Waals surface area contributed by atoms with Crippen LogP contribution < -0.4 is 4.90 Å². The summed E-state index contributed by atoms with van der Waals surface area (Å²) in [4.78, 5) is 10.0. The van der Waals surface area contributed by atoms with Gasteiger partial charge in [0.15, 0.2) is 0 Å². The van der Waals surface area contributed by atoms with E-state index in [1.165, 1.54) is 45.2 Å². The third-order valence-corrected chi connectivity index (χ3v) is 6.09. The number of anilines is 1. The Labute approximate surface area is 145 Å². The fourth-order valence-corrected chi connectivity index (χ4v) is 4.69. The topological polar surface area (TPSA) is 32.3 Å². The van der Waals surface area contributed by atoms with Gasteiger partial charge in [0.1, 0.15) is 5.82 Å². The molecule has 2 aliphatic rings. The second-order valence-electron chi connectivity index (χ2n) is 8.44. The first kappa shape index (κ1) is 17.2. The Bertz CT molecular complexity index is 507. The van der Waals surface area contributed by atoms with Gasteiger partial charge in [-0.05, 0) is 45.1 Å². The average molecular weight is 337 g/mol. The van der Waals surface area contributed by atoms with Crippen LogP contribution in [-0.4, -0.2) is 46.5 Å². The maximum Gasteiger partial charge on any atom is 0.205 e. The Morgan fingerprint density at radius 2 is 1.96 bits per heavy atom. The number of rotatable bonds is 3. The summed E-state index contributed by atoms with van der Waals surface area (Å²) in [5.41, 5.74) is 0.0488. The lowest BCUT2D eigenvalue weighted by Gasteiger charge is -2.39. The molecule has 2 fully saturated rings. The predicted molar refractivity (Wildman–Crippen MR) is 98.4 cm³/mol. The number of nitrogens with zero attached hydrogens (tertiary/aromatic N) is 4. The first-order valence-corrected chi connectivity index (χ1v) is 10.0. The molecule has 0 aromatic carbocycles. The van der Waals surface area contributed by atoms with E-state index in [0.717, 1.165) is 36.0 Å². The van der Waals surface area contributed by atoms with Crippen LogP contribution in [0.2, 0.25) is 0 Å². The molecule has 0 radical (unpaired) electrons. The molecule has 4 nitrogen and oxygen atoms in total. The molecule has 1 aromatic rings. The van der Waals surface area contributed by atoms with E-state index in [-0.39, 0.29) is 5.41 Å². The van der Waals surface area contributed by atoms with Gasteiger partial charge in [-0.3, -0.25) is 0 Å². The standard InChI is InChI=1S/C18H32N4S/c1-14-8-5-6-10-21(14)12-15-9-7-11-22(13-15)17-19-16(20-23-17)18(2,3)4/h14-15H,5-13H2,1-4H3. The van der Waals surface area contributed by atoms with E-state index in [2.05, 4.69) is 41.9 Å². The van der Waals surface area contributed by atoms with E-state index in [1.807, 2.05) is 0 Å². The molecule has 3 heterocycles. The fourth-order valence-electron chi connectivity index (χ4n) is 3.80. The molecule has 0 spiro atoms. The average Bonchev–Trinajstić information content (AvgIpc) is 3.00. The monoisotopic (exact) mass is 336 g/mol. The Kier molecular flexibility index (Phi) is 5.26. The van der Waals surface area contributed by atoms with Gasteiger partial charge in [0.25, 0.3) is 0 Å². The summed E-state index contributed by atoms with van der Waals surface area (Å²) in [6, 6.07) is 0.771. The highest BCUT2D eigenvalue weighted by atomic mass is 32.1. The highest BCUT2D eigenvalue weighted by molar-refractivity contribution is 7.09. The fraction of sp³-hybridized carbons (Fsp3) is 0.889. The van der Waals surface area contributed by atoms with E-state index < -0.39 is 0 Å². The van der Waals surface area contributed by atoms with Gasteiger partial charge < -0.3 is 9.80 Å². The van der Waals surface area contributed by atoms with Gasteiger partial charge in [-0.25, -0.2) is 4.98 Å². The van der Waals surface area contributed by atoms with Crippen LogP contribution in [0.1, 0.15) is 65.6 Å². The van der Waals surface area contributed by atoms with Crippen LogP contribution in [0.4, 0.5) is 5.13 Å². The third kappa shape index (κ3) is 4.24. The normalized spacial score (nSPS) is 27.4. The first-order chi connectivity index (χ1) is 10.9. The summed E-state index contributed by atoms with van der Waals surface area (Å²) >= 11 is 1.58. The molecule has 3 rings (SSSR count). The smallest absolute Gasteiger partial charge is 0.205 e. The highest BCUT2D eigenvalue weighted by Gasteiger charge is 2.28. The quantitative estimate of drug-likeness (QED) is 0.837. The molecule has 2 saturated heterocycles. The molecular weight excluding hydrogens is 304 g/mol. The third-order valence-electron chi connectivity index (χ3n) is 5.31. The van der Waals surface area contributed by atoms with Crippen LogP contribution in [0.25, 0.3) is 0 Å². The van der Waals surface area contributed by atoms with Crippen molar-refractivity contribution in [3.8, 4) is 0 Å². The molecule has 23 heavy (non-hydrogen) atoms. The van der Waals surface area contributed by atoms with E-state index >= 15 is 0 Å². The zero-order valence-electron chi connectivity index (χ0n) is 15.2. The van der Waals surface area contributed by atoms with Crippen molar-refractivity contribution < 1.29 is 0 Å². The number of likely N-dealkylation sites (tertiary alicyclic amines) is 1. The maximum absolute atomic E-state index is 4.82. The molecule has 2 unspecified atom stereocenters. The van der Waals surface area contributed by atoms with Crippen LogP contribution in [0, 0.1) is 5.92 Å². The lowest BCUT2D eigenvalue weighted by atomic mass is 9.95. The zero-order valence-corrected chi connectivity index (χ0v) is 16.0. The van der Waals surface area contributed by atoms with Crippen molar-refractivity contribution in [2.24, 2.45) is 5.92 Å². The van der Waals surface area contributed by atoms with Crippen molar-refractivity contribution in [2.45, 2.75) is 71.3 Å². The Hall–Kier alpha value is -0.680. The van der Waals surface area contributed by atoms with Crippen molar-refractivity contribution in [1.29, 1.82) is 0 Å². The minimum absolute atomic E-state index is 0.0488. The van der Waals surface area contributed by atoms with Crippen molar-refractivity contribution in [3.63, 3.8) is 0 Å². The maximum atomic E-state index is 4.82. The van der Waals surface area contributed by atoms with Gasteiger partial charge in [0.05, 0.1) is 0 Å². The van der Waals surface area contributed by atoms with Crippen LogP contribution in [0.3, 0.4) is 0 Å². The van der Waals surface area contributed by atoms with Gasteiger partial charge in [0, 0.05) is 42.6 Å². The van der Waals surface area contributed by atoms with Crippen LogP contribution >= 0.6 is 11.5 Å². The lowest BCUT2D eigenvalue weighted by molar-refractivity contribution is 0.130. The van der Waals surface area contributed by atoms with Crippen LogP contribution in [0.15, 0.2) is 0 Å². The van der Waals surface area contributed by atoms with Gasteiger partial charge in [-0.2, -0.15) is 4.37 Å². The molecule has 0 N–H and O–H groups in total. The van der Waals surface area contributed by atoms with Gasteiger partial charge in [-0.15, -0.1) is 0 Å². The predicted octanol–water partition coefficient (Wildman–Crippen LogP) is 3.93. The largest absolute Gasteiger partial charge is 0.347 e. The van der Waals surface area contributed by atoms with Gasteiger partial charge >= 0.3 is 0 Å². The zero-order chi connectivity index (χ0) is 16.4. The Morgan fingerprint density at radius 1 is 1.13 bits per heavy atom. The minimum atomic E-state index is 0.0488. The number of hydrogen-bond donors (Lipinski definition) is 0. The molecular formula is C18H32N4S. The van der Waals surface area contributed by atoms with E-state index in [9.17, 15) is 0 Å². The first-order valence-electron chi connectivity index (χ1n) is 9.26. The number of aromatic nitrogens is 2. The minimum Gasteiger partial charge on any atom is -0.347 e. The second kappa shape index (κ2) is 7.06. The number of piperidine rings is 2. The summed E-state index contributed by atoms with van der Waals surface area (Å²) in [6.07, 6.45) is 6.82. The van der Waals surface area contributed by atoms with Crippen LogP contribution in [0.5, 0.6) is 0 Å². The highest BCUT2D eigenvalue weighted by Crippen LogP contribution is 2.29. The van der Waals surface area contributed by atoms with Gasteiger partial charge in [-0.1, -0.05) is 27.2 Å². The summed E-state index contributed by atoms with van der Waals surface area (Å²) in [5, 5.41) is 1.13. The molecule has 0 bridgehead atoms. The van der Waals surface area contributed by atoms with Crippen molar-refractivity contribution >= 4 is 16.7 Å². The van der Waals surface area contributed by atoms with E-state index in [1.54, 1.807) is 11.5 Å². The van der Waals surface area contributed by atoms with E-state index in [0.29, 0.717) is 0 Å². The summed E-state index contributed by atoms with van der Waals surface area (Å²) in [6.45, 7) is 13.8. The summed E-state index contributed by atoms with van der Waals surface area (Å²) < 4.78 is 4.59. The SMILES string of the molecule is CC1CCCCN1CC1CCCN(c2nc(C(C)(C)C)ns2)C1. The lowest BCUT2D eigenvalue weighted by Crippen LogP contribution is -2.45. The Balaban J connectivity index is 1.60. The van der Waals surface area contributed by atoms with Crippen molar-refractivity contribution in [1.82, 2.24) is 14.3 Å². The molecule has 1 aromatic heterocycles. The number of hydrogen-bond acceptors (Lipinski definition) is 5. The second-order valence-corrected chi connectivity index (χ2v) is 9.17. The molecule has 5 heteroatoms. The van der Waals surface area contributed by atoms with Crippen molar-refractivity contribution in [2.75, 3.05) is 31.1 Å². The molecule has 0 amide bonds. The molecule has 0 saturated carbocycles. The molecule has 130 valence electrons. The molecule has 0 aliphatic carbocycles. The van der Waals surface area contributed by atoms with Crippen LogP contribution in [-0.2, 0) is 5.41 Å². The summed E-state index contributed by atoms with van der Waals surface area (Å²) in [7, 11) is 0.